The largest absolute Gasteiger partial charge is 0.465 e. The smallest absolute Gasteiger partial charge is 0.305 e. The molecule has 0 radical (unpaired) electrons. The summed E-state index contributed by atoms with van der Waals surface area (Å²) in [5, 5.41) is 13.6. The van der Waals surface area contributed by atoms with Gasteiger partial charge in [-0.2, -0.15) is 4.68 Å². The molecule has 3 rings (SSSR count). The van der Waals surface area contributed by atoms with Gasteiger partial charge < -0.3 is 10.1 Å². The van der Waals surface area contributed by atoms with Crippen molar-refractivity contribution in [2.75, 3.05) is 18.5 Å². The number of nitrogens with one attached hydrogen (secondary N) is 2. The third kappa shape index (κ3) is 5.00. The van der Waals surface area contributed by atoms with Crippen molar-refractivity contribution in [3.63, 3.8) is 0 Å². The van der Waals surface area contributed by atoms with Gasteiger partial charge >= 0.3 is 5.97 Å². The minimum absolute atomic E-state index is 0.134. The van der Waals surface area contributed by atoms with Crippen LogP contribution in [0.1, 0.15) is 45.6 Å². The number of aromatic nitrogens is 3. The first-order chi connectivity index (χ1) is 14.4. The molecule has 0 spiro atoms. The van der Waals surface area contributed by atoms with Gasteiger partial charge in [0, 0.05) is 25.1 Å². The minimum Gasteiger partial charge on any atom is -0.465 e. The number of hydrogen-bond acceptors (Lipinski definition) is 8. The molecule has 2 heterocycles. The lowest BCUT2D eigenvalue weighted by atomic mass is 10.1. The molecule has 160 valence electrons. The van der Waals surface area contributed by atoms with E-state index in [2.05, 4.69) is 20.9 Å². The van der Waals surface area contributed by atoms with Crippen LogP contribution >= 0.6 is 0 Å². The van der Waals surface area contributed by atoms with Crippen LogP contribution in [0, 0.1) is 5.92 Å². The van der Waals surface area contributed by atoms with Crippen LogP contribution in [0.2, 0.25) is 0 Å². The monoisotopic (exact) mass is 415 g/mol. The highest BCUT2D eigenvalue weighted by molar-refractivity contribution is 5.99. The molecular weight excluding hydrogens is 390 g/mol. The third-order valence-electron chi connectivity index (χ3n) is 4.67. The Hall–Kier alpha value is -3.30. The third-order valence-corrected chi connectivity index (χ3v) is 4.67. The summed E-state index contributed by atoms with van der Waals surface area (Å²) in [6, 6.07) is 4.26. The van der Waals surface area contributed by atoms with E-state index < -0.39 is 17.5 Å². The molecule has 0 bridgehead atoms. The van der Waals surface area contributed by atoms with Crippen LogP contribution in [0.15, 0.2) is 23.0 Å². The van der Waals surface area contributed by atoms with Gasteiger partial charge in [-0.15, -0.1) is 5.10 Å². The van der Waals surface area contributed by atoms with Crippen LogP contribution in [0.4, 0.5) is 5.69 Å². The highest BCUT2D eigenvalue weighted by atomic mass is 16.5. The summed E-state index contributed by atoms with van der Waals surface area (Å²) >= 11 is 0. The first-order valence-corrected chi connectivity index (χ1v) is 9.98. The van der Waals surface area contributed by atoms with Gasteiger partial charge in [-0.1, -0.05) is 25.1 Å². The number of amides is 2. The molecule has 1 saturated heterocycles. The highest BCUT2D eigenvalue weighted by Crippen LogP contribution is 2.20. The summed E-state index contributed by atoms with van der Waals surface area (Å²) in [5.41, 5.74) is 0.475. The van der Waals surface area contributed by atoms with E-state index in [4.69, 9.17) is 4.74 Å². The average molecular weight is 415 g/mol. The lowest BCUT2D eigenvalue weighted by molar-refractivity contribution is -0.144. The molecule has 1 aromatic carbocycles. The van der Waals surface area contributed by atoms with Crippen LogP contribution in [0.5, 0.6) is 0 Å². The number of rotatable bonds is 8. The molecule has 2 N–H and O–H groups in total. The molecule has 1 unspecified atom stereocenters. The molecule has 2 aromatic rings. The zero-order valence-electron chi connectivity index (χ0n) is 17.0. The lowest BCUT2D eigenvalue weighted by Gasteiger charge is -2.21. The predicted molar refractivity (Wildman–Crippen MR) is 109 cm³/mol. The molecule has 2 amide bonds. The highest BCUT2D eigenvalue weighted by Gasteiger charge is 2.30. The molecule has 1 aliphatic rings. The van der Waals surface area contributed by atoms with Crippen LogP contribution < -0.4 is 16.2 Å². The number of fused-ring (bicyclic) bond motifs is 1. The van der Waals surface area contributed by atoms with E-state index in [1.54, 1.807) is 18.2 Å². The first kappa shape index (κ1) is 21.4. The number of nitrogens with zero attached hydrogens (tertiary/aromatic N) is 3. The summed E-state index contributed by atoms with van der Waals surface area (Å²) in [6.45, 7) is 4.80. The van der Waals surface area contributed by atoms with Gasteiger partial charge in [0.25, 0.3) is 11.5 Å². The fraction of sp³-hybridized carbons (Fsp3) is 0.500. The topological polar surface area (TPSA) is 132 Å². The molecule has 10 heteroatoms. The number of imide groups is 1. The molecule has 1 atom stereocenters. The van der Waals surface area contributed by atoms with Crippen molar-refractivity contribution in [3.05, 3.63) is 28.6 Å². The number of carbonyl (C=O) groups is 3. The maximum atomic E-state index is 13.0. The number of esters is 1. The Bertz CT molecular complexity index is 1020. The Labute approximate surface area is 173 Å². The van der Waals surface area contributed by atoms with Gasteiger partial charge in [0.2, 0.25) is 5.91 Å². The quantitative estimate of drug-likeness (QED) is 0.373. The second kappa shape index (κ2) is 9.47. The van der Waals surface area contributed by atoms with Crippen molar-refractivity contribution < 1.29 is 19.1 Å². The summed E-state index contributed by atoms with van der Waals surface area (Å²) in [6.07, 6.45) is 1.13. The van der Waals surface area contributed by atoms with Gasteiger partial charge in [0.1, 0.15) is 11.6 Å². The molecule has 1 fully saturated rings. The molecular formula is C20H25N5O5. The van der Waals surface area contributed by atoms with Crippen LogP contribution in [-0.2, 0) is 19.1 Å². The lowest BCUT2D eigenvalue weighted by Crippen LogP contribution is -2.45. The fourth-order valence-corrected chi connectivity index (χ4v) is 3.15. The minimum atomic E-state index is -0.879. The normalized spacial score (nSPS) is 16.6. The van der Waals surface area contributed by atoms with E-state index in [9.17, 15) is 19.2 Å². The number of piperidine rings is 1. The van der Waals surface area contributed by atoms with Crippen molar-refractivity contribution in [2.24, 2.45) is 5.92 Å². The van der Waals surface area contributed by atoms with Crippen molar-refractivity contribution in [3.8, 4) is 0 Å². The second-order valence-corrected chi connectivity index (χ2v) is 7.61. The van der Waals surface area contributed by atoms with Crippen molar-refractivity contribution >= 4 is 34.4 Å². The maximum absolute atomic E-state index is 13.0. The molecule has 10 nitrogen and oxygen atoms in total. The van der Waals surface area contributed by atoms with Gasteiger partial charge in [-0.3, -0.25) is 24.5 Å². The van der Waals surface area contributed by atoms with Crippen molar-refractivity contribution in [2.45, 2.75) is 45.6 Å². The molecule has 0 saturated carbocycles. The standard InChI is InChI=1S/C20H25N5O5/c1-12(2)11-30-17(27)7-4-10-21-13-5-3-6-14-18(13)20(29)25(24-23-14)15-8-9-16(26)22-19(15)28/h3,5-6,12,15,21H,4,7-11H2,1-2H3,(H,22,26,28). The maximum Gasteiger partial charge on any atom is 0.305 e. The molecule has 1 aliphatic heterocycles. The zero-order valence-corrected chi connectivity index (χ0v) is 17.0. The van der Waals surface area contributed by atoms with E-state index in [1.165, 1.54) is 0 Å². The summed E-state index contributed by atoms with van der Waals surface area (Å²) < 4.78 is 6.17. The number of carbonyl (C=O) groups excluding carboxylic acids is 3. The number of ether oxygens (including phenoxy) is 1. The van der Waals surface area contributed by atoms with Gasteiger partial charge in [0.15, 0.2) is 0 Å². The predicted octanol–water partition coefficient (Wildman–Crippen LogP) is 1.16. The van der Waals surface area contributed by atoms with Crippen molar-refractivity contribution in [1.82, 2.24) is 20.3 Å². The number of anilines is 1. The van der Waals surface area contributed by atoms with E-state index in [1.807, 2.05) is 13.8 Å². The molecule has 1 aromatic heterocycles. The Kier molecular flexibility index (Phi) is 6.76. The second-order valence-electron chi connectivity index (χ2n) is 7.61. The van der Waals surface area contributed by atoms with E-state index in [-0.39, 0.29) is 37.1 Å². The Morgan fingerprint density at radius 3 is 2.87 bits per heavy atom. The zero-order chi connectivity index (χ0) is 21.7. The molecule has 30 heavy (non-hydrogen) atoms. The van der Waals surface area contributed by atoms with E-state index in [0.717, 1.165) is 4.68 Å². The van der Waals surface area contributed by atoms with Gasteiger partial charge in [-0.05, 0) is 30.9 Å². The Morgan fingerprint density at radius 1 is 1.33 bits per heavy atom. The van der Waals surface area contributed by atoms with Gasteiger partial charge in [-0.25, -0.2) is 0 Å². The summed E-state index contributed by atoms with van der Waals surface area (Å²) in [7, 11) is 0. The SMILES string of the molecule is CC(C)COC(=O)CCCNc1cccc2nnn(C3CCC(=O)NC3=O)c(=O)c12. The van der Waals surface area contributed by atoms with E-state index in [0.29, 0.717) is 36.2 Å². The molecule has 0 aliphatic carbocycles. The van der Waals surface area contributed by atoms with Gasteiger partial charge in [0.05, 0.1) is 12.0 Å². The summed E-state index contributed by atoms with van der Waals surface area (Å²) in [5.74, 6) is -0.899. The van der Waals surface area contributed by atoms with Crippen LogP contribution in [-0.4, -0.2) is 45.9 Å². The number of hydrogen-bond donors (Lipinski definition) is 2. The number of benzene rings is 1. The Balaban J connectivity index is 1.73. The first-order valence-electron chi connectivity index (χ1n) is 9.98. The fourth-order valence-electron chi connectivity index (χ4n) is 3.15. The van der Waals surface area contributed by atoms with Crippen LogP contribution in [0.25, 0.3) is 10.9 Å². The Morgan fingerprint density at radius 2 is 2.13 bits per heavy atom. The average Bonchev–Trinajstić information content (AvgIpc) is 2.70. The van der Waals surface area contributed by atoms with E-state index >= 15 is 0 Å². The van der Waals surface area contributed by atoms with Crippen LogP contribution in [0.3, 0.4) is 0 Å². The van der Waals surface area contributed by atoms with Crippen molar-refractivity contribution in [1.29, 1.82) is 0 Å². The summed E-state index contributed by atoms with van der Waals surface area (Å²) in [4.78, 5) is 48.3.